The molecule has 3 rings (SSSR count). The lowest BCUT2D eigenvalue weighted by Crippen LogP contribution is -2.48. The second-order valence-electron chi connectivity index (χ2n) is 5.19. The number of hydrogen-bond acceptors (Lipinski definition) is 2. The van der Waals surface area contributed by atoms with E-state index in [2.05, 4.69) is 15.9 Å². The van der Waals surface area contributed by atoms with E-state index in [0.717, 1.165) is 22.2 Å². The van der Waals surface area contributed by atoms with Crippen molar-refractivity contribution in [3.63, 3.8) is 0 Å². The molecule has 2 fully saturated rings. The highest BCUT2D eigenvalue weighted by atomic mass is 79.9. The van der Waals surface area contributed by atoms with Crippen LogP contribution in [-0.4, -0.2) is 15.8 Å². The van der Waals surface area contributed by atoms with Crippen LogP contribution in [0.3, 0.4) is 0 Å². The molecule has 0 atom stereocenters. The number of carboxylic acids is 1. The van der Waals surface area contributed by atoms with E-state index < -0.39 is 10.7 Å². The quantitative estimate of drug-likeness (QED) is 0.918. The van der Waals surface area contributed by atoms with Gasteiger partial charge in [-0.25, -0.2) is 0 Å². The third-order valence-corrected chi connectivity index (χ3v) is 6.19. The summed E-state index contributed by atoms with van der Waals surface area (Å²) in [4.78, 5) is 12.5. The SMILES string of the molecule is O=C(O)C1(Sc2ccccc2Br)CC2(CC2)C1. The van der Waals surface area contributed by atoms with E-state index in [9.17, 15) is 9.90 Å². The third kappa shape index (κ3) is 1.91. The smallest absolute Gasteiger partial charge is 0.320 e. The molecule has 1 aromatic carbocycles. The van der Waals surface area contributed by atoms with Gasteiger partial charge in [-0.15, -0.1) is 11.8 Å². The molecule has 2 saturated carbocycles. The Labute approximate surface area is 113 Å². The molecule has 1 spiro atoms. The van der Waals surface area contributed by atoms with Crippen molar-refractivity contribution in [2.24, 2.45) is 5.41 Å². The van der Waals surface area contributed by atoms with Crippen LogP contribution in [0.1, 0.15) is 25.7 Å². The fraction of sp³-hybridized carbons (Fsp3) is 0.462. The zero-order chi connectivity index (χ0) is 12.1. The molecule has 2 aliphatic rings. The van der Waals surface area contributed by atoms with E-state index in [-0.39, 0.29) is 0 Å². The van der Waals surface area contributed by atoms with Crippen LogP contribution in [0.15, 0.2) is 33.6 Å². The molecule has 0 heterocycles. The van der Waals surface area contributed by atoms with Crippen LogP contribution in [0.25, 0.3) is 0 Å². The zero-order valence-electron chi connectivity index (χ0n) is 9.28. The predicted octanol–water partition coefficient (Wildman–Crippen LogP) is 3.94. The number of halogens is 1. The maximum Gasteiger partial charge on any atom is 0.320 e. The lowest BCUT2D eigenvalue weighted by molar-refractivity contribution is -0.144. The number of benzene rings is 1. The van der Waals surface area contributed by atoms with Gasteiger partial charge in [0.15, 0.2) is 0 Å². The molecule has 0 saturated heterocycles. The molecule has 2 aliphatic carbocycles. The molecule has 2 nitrogen and oxygen atoms in total. The van der Waals surface area contributed by atoms with E-state index in [4.69, 9.17) is 0 Å². The van der Waals surface area contributed by atoms with E-state index in [0.29, 0.717) is 5.41 Å². The summed E-state index contributed by atoms with van der Waals surface area (Å²) in [6.45, 7) is 0. The topological polar surface area (TPSA) is 37.3 Å². The lowest BCUT2D eigenvalue weighted by atomic mass is 9.71. The highest BCUT2D eigenvalue weighted by molar-refractivity contribution is 9.10. The highest BCUT2D eigenvalue weighted by Crippen LogP contribution is 2.69. The van der Waals surface area contributed by atoms with Crippen molar-refractivity contribution < 1.29 is 9.90 Å². The fourth-order valence-electron chi connectivity index (χ4n) is 2.70. The first-order valence-corrected chi connectivity index (χ1v) is 7.33. The average Bonchev–Trinajstić information content (AvgIpc) is 3.00. The maximum atomic E-state index is 11.5. The number of carbonyl (C=O) groups is 1. The monoisotopic (exact) mass is 312 g/mol. The first kappa shape index (κ1) is 11.6. The molecule has 0 radical (unpaired) electrons. The third-order valence-electron chi connectivity index (χ3n) is 3.81. The van der Waals surface area contributed by atoms with Crippen LogP contribution in [-0.2, 0) is 4.79 Å². The van der Waals surface area contributed by atoms with Crippen molar-refractivity contribution in [1.29, 1.82) is 0 Å². The van der Waals surface area contributed by atoms with Crippen molar-refractivity contribution in [3.8, 4) is 0 Å². The maximum absolute atomic E-state index is 11.5. The number of rotatable bonds is 3. The van der Waals surface area contributed by atoms with Crippen LogP contribution in [0.4, 0.5) is 0 Å². The molecule has 0 aromatic heterocycles. The predicted molar refractivity (Wildman–Crippen MR) is 71.3 cm³/mol. The van der Waals surface area contributed by atoms with Gasteiger partial charge in [-0.2, -0.15) is 0 Å². The summed E-state index contributed by atoms with van der Waals surface area (Å²) in [5, 5.41) is 9.46. The van der Waals surface area contributed by atoms with Crippen LogP contribution in [0, 0.1) is 5.41 Å². The average molecular weight is 313 g/mol. The summed E-state index contributed by atoms with van der Waals surface area (Å²) in [7, 11) is 0. The summed E-state index contributed by atoms with van der Waals surface area (Å²) >= 11 is 4.99. The van der Waals surface area contributed by atoms with Crippen LogP contribution >= 0.6 is 27.7 Å². The van der Waals surface area contributed by atoms with E-state index in [1.165, 1.54) is 24.6 Å². The van der Waals surface area contributed by atoms with Crippen molar-refractivity contribution >= 4 is 33.7 Å². The number of carboxylic acid groups (broad SMARTS) is 1. The van der Waals surface area contributed by atoms with Gasteiger partial charge in [0, 0.05) is 9.37 Å². The summed E-state index contributed by atoms with van der Waals surface area (Å²) in [5.74, 6) is -0.657. The Morgan fingerprint density at radius 3 is 2.47 bits per heavy atom. The van der Waals surface area contributed by atoms with Crippen LogP contribution < -0.4 is 0 Å². The van der Waals surface area contributed by atoms with Gasteiger partial charge >= 0.3 is 5.97 Å². The largest absolute Gasteiger partial charge is 0.480 e. The van der Waals surface area contributed by atoms with Gasteiger partial charge in [-0.05, 0) is 59.2 Å². The van der Waals surface area contributed by atoms with Gasteiger partial charge < -0.3 is 5.11 Å². The Balaban J connectivity index is 1.83. The number of thioether (sulfide) groups is 1. The lowest BCUT2D eigenvalue weighted by Gasteiger charge is -2.44. The van der Waals surface area contributed by atoms with Gasteiger partial charge in [0.25, 0.3) is 0 Å². The minimum absolute atomic E-state index is 0.395. The van der Waals surface area contributed by atoms with Gasteiger partial charge in [0.2, 0.25) is 0 Å². The summed E-state index contributed by atoms with van der Waals surface area (Å²) in [6, 6.07) is 7.85. The molecule has 0 amide bonds. The Morgan fingerprint density at radius 2 is 1.94 bits per heavy atom. The summed E-state index contributed by atoms with van der Waals surface area (Å²) in [5.41, 5.74) is 0.395. The fourth-order valence-corrected chi connectivity index (χ4v) is 4.80. The molecule has 0 bridgehead atoms. The standard InChI is InChI=1S/C13H13BrO2S/c14-9-3-1-2-4-10(9)17-13(11(15)16)7-12(8-13)5-6-12/h1-4H,5-8H2,(H,15,16). The molecular formula is C13H13BrO2S. The minimum atomic E-state index is -0.657. The van der Waals surface area contributed by atoms with Gasteiger partial charge in [-0.3, -0.25) is 4.79 Å². The zero-order valence-corrected chi connectivity index (χ0v) is 11.7. The van der Waals surface area contributed by atoms with Crippen molar-refractivity contribution in [2.45, 2.75) is 35.3 Å². The molecule has 1 N–H and O–H groups in total. The van der Waals surface area contributed by atoms with Crippen molar-refractivity contribution in [3.05, 3.63) is 28.7 Å². The Bertz CT molecular complexity index is 474. The number of hydrogen-bond donors (Lipinski definition) is 1. The first-order chi connectivity index (χ1) is 8.05. The van der Waals surface area contributed by atoms with Gasteiger partial charge in [-0.1, -0.05) is 12.1 Å². The van der Waals surface area contributed by atoms with E-state index >= 15 is 0 Å². The number of aliphatic carboxylic acids is 1. The van der Waals surface area contributed by atoms with Crippen molar-refractivity contribution in [1.82, 2.24) is 0 Å². The molecule has 4 heteroatoms. The second-order valence-corrected chi connectivity index (χ2v) is 7.47. The molecule has 0 unspecified atom stereocenters. The summed E-state index contributed by atoms with van der Waals surface area (Å²) < 4.78 is 0.405. The molecule has 17 heavy (non-hydrogen) atoms. The Hall–Kier alpha value is -0.480. The Morgan fingerprint density at radius 1 is 1.29 bits per heavy atom. The van der Waals surface area contributed by atoms with Gasteiger partial charge in [0.1, 0.15) is 4.75 Å². The molecule has 90 valence electrons. The van der Waals surface area contributed by atoms with Gasteiger partial charge in [0.05, 0.1) is 0 Å². The van der Waals surface area contributed by atoms with Crippen LogP contribution in [0.5, 0.6) is 0 Å². The van der Waals surface area contributed by atoms with Crippen molar-refractivity contribution in [2.75, 3.05) is 0 Å². The summed E-state index contributed by atoms with van der Waals surface area (Å²) in [6.07, 6.45) is 4.11. The van der Waals surface area contributed by atoms with E-state index in [1.54, 1.807) is 0 Å². The second kappa shape index (κ2) is 3.75. The highest BCUT2D eigenvalue weighted by Gasteiger charge is 2.65. The normalized spacial score (nSPS) is 23.1. The first-order valence-electron chi connectivity index (χ1n) is 5.72. The minimum Gasteiger partial charge on any atom is -0.480 e. The molecule has 0 aliphatic heterocycles. The van der Waals surface area contributed by atoms with E-state index in [1.807, 2.05) is 24.3 Å². The van der Waals surface area contributed by atoms with Crippen LogP contribution in [0.2, 0.25) is 0 Å². The molecular weight excluding hydrogens is 300 g/mol. The Kier molecular flexibility index (Phi) is 2.56. The molecule has 1 aromatic rings.